The second-order valence-corrected chi connectivity index (χ2v) is 7.68. The summed E-state index contributed by atoms with van der Waals surface area (Å²) in [5.41, 5.74) is 5.12. The van der Waals surface area contributed by atoms with E-state index in [-0.39, 0.29) is 47.9 Å². The minimum absolute atomic E-state index is 0. The fourth-order valence-electron chi connectivity index (χ4n) is 2.60. The summed E-state index contributed by atoms with van der Waals surface area (Å²) in [7, 11) is -3.80. The van der Waals surface area contributed by atoms with Gasteiger partial charge >= 0.3 is 6.18 Å². The van der Waals surface area contributed by atoms with Gasteiger partial charge in [0.15, 0.2) is 0 Å². The lowest BCUT2D eigenvalue weighted by Gasteiger charge is -2.34. The third-order valence-corrected chi connectivity index (χ3v) is 6.08. The average Bonchev–Trinajstić information content (AvgIpc) is 2.40. The first-order valence-corrected chi connectivity index (χ1v) is 8.41. The number of halogens is 4. The van der Waals surface area contributed by atoms with Gasteiger partial charge in [-0.1, -0.05) is 6.92 Å². The molecule has 1 aliphatic heterocycles. The van der Waals surface area contributed by atoms with Gasteiger partial charge in [0.25, 0.3) is 0 Å². The number of benzene rings is 1. The van der Waals surface area contributed by atoms with E-state index in [1.54, 1.807) is 0 Å². The Hall–Kier alpha value is -0.830. The quantitative estimate of drug-likeness (QED) is 0.868. The lowest BCUT2D eigenvalue weighted by atomic mass is 9.96. The van der Waals surface area contributed by atoms with Gasteiger partial charge in [-0.3, -0.25) is 0 Å². The molecule has 0 spiro atoms. The van der Waals surface area contributed by atoms with E-state index in [0.717, 1.165) is 18.2 Å². The molecule has 1 aliphatic rings. The van der Waals surface area contributed by atoms with Gasteiger partial charge in [-0.25, -0.2) is 8.42 Å². The molecule has 132 valence electrons. The average molecular weight is 373 g/mol. The number of nitrogens with zero attached hydrogens (tertiary/aromatic N) is 1. The van der Waals surface area contributed by atoms with Crippen LogP contribution in [0.25, 0.3) is 0 Å². The minimum atomic E-state index is -4.49. The second kappa shape index (κ2) is 6.96. The number of nitrogens with two attached hydrogens (primary N) is 1. The molecular formula is C14H20ClF3N2O2S. The van der Waals surface area contributed by atoms with Crippen LogP contribution in [0.15, 0.2) is 23.1 Å². The van der Waals surface area contributed by atoms with Crippen molar-refractivity contribution in [2.45, 2.75) is 37.4 Å². The van der Waals surface area contributed by atoms with E-state index in [4.69, 9.17) is 5.73 Å². The lowest BCUT2D eigenvalue weighted by Crippen LogP contribution is -2.48. The Balaban J connectivity index is 0.00000264. The van der Waals surface area contributed by atoms with Crippen molar-refractivity contribution in [3.05, 3.63) is 29.3 Å². The predicted octanol–water partition coefficient (Wildman–Crippen LogP) is 2.79. The van der Waals surface area contributed by atoms with Crippen molar-refractivity contribution in [1.82, 2.24) is 4.31 Å². The summed E-state index contributed by atoms with van der Waals surface area (Å²) in [4.78, 5) is -0.0804. The zero-order chi connectivity index (χ0) is 16.7. The Bertz CT molecular complexity index is 664. The number of sulfonamides is 1. The van der Waals surface area contributed by atoms with E-state index in [1.807, 2.05) is 6.92 Å². The van der Waals surface area contributed by atoms with Crippen LogP contribution in [0.5, 0.6) is 0 Å². The summed E-state index contributed by atoms with van der Waals surface area (Å²) in [6, 6.07) is 2.65. The number of hydrogen-bond donors (Lipinski definition) is 1. The molecule has 9 heteroatoms. The Morgan fingerprint density at radius 2 is 1.91 bits per heavy atom. The summed E-state index contributed by atoms with van der Waals surface area (Å²) in [6.45, 7) is 3.81. The Morgan fingerprint density at radius 3 is 2.39 bits per heavy atom. The molecule has 23 heavy (non-hydrogen) atoms. The van der Waals surface area contributed by atoms with Crippen LogP contribution in [0.2, 0.25) is 0 Å². The van der Waals surface area contributed by atoms with Gasteiger partial charge in [0.2, 0.25) is 10.0 Å². The monoisotopic (exact) mass is 372 g/mol. The molecule has 4 nitrogen and oxygen atoms in total. The van der Waals surface area contributed by atoms with E-state index in [9.17, 15) is 21.6 Å². The van der Waals surface area contributed by atoms with Crippen molar-refractivity contribution in [1.29, 1.82) is 0 Å². The number of hydrogen-bond acceptors (Lipinski definition) is 3. The van der Waals surface area contributed by atoms with Crippen LogP contribution in [0.1, 0.15) is 24.5 Å². The second-order valence-electron chi connectivity index (χ2n) is 5.77. The molecule has 0 amide bonds. The fourth-order valence-corrected chi connectivity index (χ4v) is 4.36. The summed E-state index contributed by atoms with van der Waals surface area (Å²) in [6.07, 6.45) is -3.94. The third kappa shape index (κ3) is 4.17. The predicted molar refractivity (Wildman–Crippen MR) is 83.9 cm³/mol. The van der Waals surface area contributed by atoms with Crippen LogP contribution in [0.3, 0.4) is 0 Å². The van der Waals surface area contributed by atoms with Crippen LogP contribution in [-0.4, -0.2) is 31.9 Å². The van der Waals surface area contributed by atoms with Crippen LogP contribution in [-0.2, 0) is 16.2 Å². The molecule has 1 aromatic carbocycles. The molecule has 0 aromatic heterocycles. The summed E-state index contributed by atoms with van der Waals surface area (Å²) in [5, 5.41) is 0. The zero-order valence-corrected chi connectivity index (χ0v) is 14.4. The van der Waals surface area contributed by atoms with Gasteiger partial charge in [0.05, 0.1) is 10.5 Å². The molecular weight excluding hydrogens is 353 g/mol. The molecule has 0 aliphatic carbocycles. The van der Waals surface area contributed by atoms with Crippen LogP contribution in [0, 0.1) is 12.8 Å². The summed E-state index contributed by atoms with van der Waals surface area (Å²) in [5.74, 6) is 0.0123. The molecule has 2 rings (SSSR count). The Kier molecular flexibility index (Phi) is 6.12. The maximum absolute atomic E-state index is 12.7. The number of piperidine rings is 1. The number of rotatable bonds is 2. The van der Waals surface area contributed by atoms with E-state index in [0.29, 0.717) is 6.42 Å². The first-order valence-electron chi connectivity index (χ1n) is 6.97. The molecule has 1 aromatic rings. The SMILES string of the molecule is Cc1cc(C(F)(F)F)ccc1S(=O)(=O)N1CCC(N)C(C)C1.Cl. The van der Waals surface area contributed by atoms with Crippen molar-refractivity contribution < 1.29 is 21.6 Å². The maximum Gasteiger partial charge on any atom is 0.416 e. The van der Waals surface area contributed by atoms with Crippen molar-refractivity contribution in [2.75, 3.05) is 13.1 Å². The first kappa shape index (κ1) is 20.2. The van der Waals surface area contributed by atoms with Crippen LogP contribution in [0.4, 0.5) is 13.2 Å². The van der Waals surface area contributed by atoms with Gasteiger partial charge in [-0.2, -0.15) is 17.5 Å². The third-order valence-electron chi connectivity index (χ3n) is 4.05. The van der Waals surface area contributed by atoms with Gasteiger partial charge in [-0.15, -0.1) is 12.4 Å². The summed E-state index contributed by atoms with van der Waals surface area (Å²) >= 11 is 0. The Labute approximate surface area is 140 Å². The smallest absolute Gasteiger partial charge is 0.327 e. The van der Waals surface area contributed by atoms with Crippen molar-refractivity contribution >= 4 is 22.4 Å². The molecule has 2 unspecified atom stereocenters. The normalized spacial score (nSPS) is 23.4. The summed E-state index contributed by atoms with van der Waals surface area (Å²) < 4.78 is 64.6. The van der Waals surface area contributed by atoms with E-state index < -0.39 is 21.8 Å². The molecule has 1 fully saturated rings. The molecule has 1 heterocycles. The lowest BCUT2D eigenvalue weighted by molar-refractivity contribution is -0.137. The molecule has 0 bridgehead atoms. The number of alkyl halides is 3. The highest BCUT2D eigenvalue weighted by Gasteiger charge is 2.35. The first-order chi connectivity index (χ1) is 10.0. The van der Waals surface area contributed by atoms with Crippen molar-refractivity contribution in [3.8, 4) is 0 Å². The molecule has 2 N–H and O–H groups in total. The highest BCUT2D eigenvalue weighted by molar-refractivity contribution is 7.89. The van der Waals surface area contributed by atoms with Gasteiger partial charge in [-0.05, 0) is 43.0 Å². The van der Waals surface area contributed by atoms with Crippen LogP contribution >= 0.6 is 12.4 Å². The molecule has 2 atom stereocenters. The van der Waals surface area contributed by atoms with E-state index in [2.05, 4.69) is 0 Å². The number of aryl methyl sites for hydroxylation is 1. The maximum atomic E-state index is 12.7. The Morgan fingerprint density at radius 1 is 1.30 bits per heavy atom. The molecule has 0 radical (unpaired) electrons. The zero-order valence-electron chi connectivity index (χ0n) is 12.8. The van der Waals surface area contributed by atoms with Gasteiger partial charge < -0.3 is 5.73 Å². The van der Waals surface area contributed by atoms with Crippen LogP contribution < -0.4 is 5.73 Å². The largest absolute Gasteiger partial charge is 0.416 e. The molecule has 0 saturated carbocycles. The van der Waals surface area contributed by atoms with Crippen molar-refractivity contribution in [2.24, 2.45) is 11.7 Å². The highest BCUT2D eigenvalue weighted by atomic mass is 35.5. The van der Waals surface area contributed by atoms with Gasteiger partial charge in [0, 0.05) is 19.1 Å². The van der Waals surface area contributed by atoms with E-state index in [1.165, 1.54) is 11.2 Å². The topological polar surface area (TPSA) is 63.4 Å². The van der Waals surface area contributed by atoms with Gasteiger partial charge in [0.1, 0.15) is 0 Å². The fraction of sp³-hybridized carbons (Fsp3) is 0.571. The molecule has 1 saturated heterocycles. The highest BCUT2D eigenvalue weighted by Crippen LogP contribution is 2.32. The minimum Gasteiger partial charge on any atom is -0.327 e. The van der Waals surface area contributed by atoms with Crippen molar-refractivity contribution in [3.63, 3.8) is 0 Å². The van der Waals surface area contributed by atoms with E-state index >= 15 is 0 Å². The standard InChI is InChI=1S/C14H19F3N2O2S.ClH/c1-9-7-11(14(15,16)17)3-4-13(9)22(20,21)19-6-5-12(18)10(2)8-19;/h3-4,7,10,12H,5-6,8,18H2,1-2H3;1H.